The van der Waals surface area contributed by atoms with Crippen molar-refractivity contribution in [2.24, 2.45) is 0 Å². The highest BCUT2D eigenvalue weighted by Gasteiger charge is 2.27. The van der Waals surface area contributed by atoms with Gasteiger partial charge in [-0.2, -0.15) is 0 Å². The maximum absolute atomic E-state index is 12.0. The fraction of sp³-hybridized carbons (Fsp3) is 0.533. The quantitative estimate of drug-likeness (QED) is 0.872. The van der Waals surface area contributed by atoms with Crippen molar-refractivity contribution >= 4 is 17.7 Å². The zero-order valence-corrected chi connectivity index (χ0v) is 11.8. The number of hydrogen-bond acceptors (Lipinski definition) is 3. The van der Waals surface area contributed by atoms with E-state index < -0.39 is 0 Å². The number of carbonyl (C=O) groups excluding carboxylic acids is 1. The Morgan fingerprint density at radius 2 is 2.05 bits per heavy atom. The van der Waals surface area contributed by atoms with Gasteiger partial charge in [0.05, 0.1) is 6.04 Å². The van der Waals surface area contributed by atoms with Gasteiger partial charge in [0, 0.05) is 17.5 Å². The van der Waals surface area contributed by atoms with Gasteiger partial charge in [-0.3, -0.25) is 10.1 Å². The number of benzene rings is 1. The van der Waals surface area contributed by atoms with Crippen LogP contribution in [-0.2, 0) is 4.79 Å². The summed E-state index contributed by atoms with van der Waals surface area (Å²) in [6.07, 6.45) is 4.28. The first kappa shape index (κ1) is 13.0. The summed E-state index contributed by atoms with van der Waals surface area (Å²) >= 11 is 1.92. The van der Waals surface area contributed by atoms with Crippen molar-refractivity contribution in [1.29, 1.82) is 0 Å². The minimum atomic E-state index is -0.0244. The Bertz CT molecular complexity index is 463. The molecule has 3 rings (SSSR count). The summed E-state index contributed by atoms with van der Waals surface area (Å²) in [6, 6.07) is 8.85. The Morgan fingerprint density at radius 1 is 1.16 bits per heavy atom. The van der Waals surface area contributed by atoms with E-state index in [0.29, 0.717) is 6.04 Å². The molecule has 2 atom stereocenters. The summed E-state index contributed by atoms with van der Waals surface area (Å²) in [5.74, 6) is 1.30. The van der Waals surface area contributed by atoms with Crippen molar-refractivity contribution in [2.45, 2.75) is 42.7 Å². The van der Waals surface area contributed by atoms with Crippen LogP contribution in [-0.4, -0.2) is 24.2 Å². The molecule has 0 radical (unpaired) electrons. The standard InChI is InChI=1S/C15H20N2OS/c18-15-13(6-3-4-9-16-15)17-12-8-10-19-14-7-2-1-5-11(12)14/h1-2,5,7,12-13,17H,3-4,6,8-10H2,(H,16,18). The molecule has 2 N–H and O–H groups in total. The third-order valence-electron chi connectivity index (χ3n) is 3.90. The van der Waals surface area contributed by atoms with Crippen LogP contribution < -0.4 is 10.6 Å². The van der Waals surface area contributed by atoms with Gasteiger partial charge in [0.1, 0.15) is 0 Å². The van der Waals surface area contributed by atoms with Crippen LogP contribution in [0.25, 0.3) is 0 Å². The Kier molecular flexibility index (Phi) is 4.09. The van der Waals surface area contributed by atoms with Gasteiger partial charge in [0.25, 0.3) is 0 Å². The summed E-state index contributed by atoms with van der Waals surface area (Å²) < 4.78 is 0. The molecule has 0 aromatic heterocycles. The maximum Gasteiger partial charge on any atom is 0.237 e. The number of hydrogen-bond donors (Lipinski definition) is 2. The van der Waals surface area contributed by atoms with Crippen molar-refractivity contribution in [1.82, 2.24) is 10.6 Å². The Balaban J connectivity index is 1.75. The first-order chi connectivity index (χ1) is 9.34. The molecular weight excluding hydrogens is 256 g/mol. The highest BCUT2D eigenvalue weighted by molar-refractivity contribution is 7.99. The van der Waals surface area contributed by atoms with E-state index >= 15 is 0 Å². The Hall–Kier alpha value is -1.00. The number of carbonyl (C=O) groups is 1. The number of amides is 1. The summed E-state index contributed by atoms with van der Waals surface area (Å²) in [5.41, 5.74) is 1.36. The fourth-order valence-corrected chi connectivity index (χ4v) is 3.98. The third kappa shape index (κ3) is 2.95. The number of nitrogens with one attached hydrogen (secondary N) is 2. The first-order valence-corrected chi connectivity index (χ1v) is 8.08. The van der Waals surface area contributed by atoms with Gasteiger partial charge < -0.3 is 5.32 Å². The molecule has 2 aliphatic rings. The van der Waals surface area contributed by atoms with Gasteiger partial charge in [-0.1, -0.05) is 18.2 Å². The van der Waals surface area contributed by atoms with Crippen LogP contribution in [0.2, 0.25) is 0 Å². The molecular formula is C15H20N2OS. The molecule has 1 amide bonds. The van der Waals surface area contributed by atoms with Crippen LogP contribution in [0.3, 0.4) is 0 Å². The summed E-state index contributed by atoms with van der Waals surface area (Å²) in [4.78, 5) is 13.4. The fourth-order valence-electron chi connectivity index (χ4n) is 2.86. The van der Waals surface area contributed by atoms with Gasteiger partial charge in [-0.25, -0.2) is 0 Å². The van der Waals surface area contributed by atoms with Crippen LogP contribution in [0.1, 0.15) is 37.3 Å². The lowest BCUT2D eigenvalue weighted by Gasteiger charge is -2.29. The average molecular weight is 276 g/mol. The van der Waals surface area contributed by atoms with Crippen LogP contribution in [0.5, 0.6) is 0 Å². The second-order valence-corrected chi connectivity index (χ2v) is 6.37. The minimum absolute atomic E-state index is 0.0244. The number of rotatable bonds is 2. The van der Waals surface area contributed by atoms with E-state index in [2.05, 4.69) is 34.9 Å². The molecule has 0 aliphatic carbocycles. The zero-order chi connectivity index (χ0) is 13.1. The summed E-state index contributed by atoms with van der Waals surface area (Å²) in [7, 11) is 0. The topological polar surface area (TPSA) is 41.1 Å². The molecule has 102 valence electrons. The molecule has 0 bridgehead atoms. The maximum atomic E-state index is 12.0. The Morgan fingerprint density at radius 3 is 3.00 bits per heavy atom. The zero-order valence-electron chi connectivity index (χ0n) is 11.0. The summed E-state index contributed by atoms with van der Waals surface area (Å²) in [5, 5.41) is 6.58. The molecule has 1 fully saturated rings. The van der Waals surface area contributed by atoms with Crippen LogP contribution in [0.4, 0.5) is 0 Å². The molecule has 2 heterocycles. The molecule has 0 spiro atoms. The lowest BCUT2D eigenvalue weighted by molar-refractivity contribution is -0.123. The highest BCUT2D eigenvalue weighted by atomic mass is 32.2. The van der Waals surface area contributed by atoms with Crippen molar-refractivity contribution < 1.29 is 4.79 Å². The van der Waals surface area contributed by atoms with Gasteiger partial charge in [0.15, 0.2) is 0 Å². The van der Waals surface area contributed by atoms with Crippen molar-refractivity contribution in [2.75, 3.05) is 12.3 Å². The van der Waals surface area contributed by atoms with E-state index in [1.54, 1.807) is 0 Å². The van der Waals surface area contributed by atoms with E-state index in [-0.39, 0.29) is 11.9 Å². The molecule has 2 aliphatic heterocycles. The first-order valence-electron chi connectivity index (χ1n) is 7.10. The van der Waals surface area contributed by atoms with E-state index in [1.807, 2.05) is 11.8 Å². The van der Waals surface area contributed by atoms with Crippen molar-refractivity contribution in [3.63, 3.8) is 0 Å². The second-order valence-electron chi connectivity index (χ2n) is 5.23. The van der Waals surface area contributed by atoms with Crippen LogP contribution in [0, 0.1) is 0 Å². The lowest BCUT2D eigenvalue weighted by atomic mass is 10.0. The predicted octanol–water partition coefficient (Wildman–Crippen LogP) is 2.48. The highest BCUT2D eigenvalue weighted by Crippen LogP contribution is 2.36. The molecule has 3 nitrogen and oxygen atoms in total. The summed E-state index contributed by atoms with van der Waals surface area (Å²) in [6.45, 7) is 0.827. The lowest BCUT2D eigenvalue weighted by Crippen LogP contribution is -2.44. The molecule has 19 heavy (non-hydrogen) atoms. The largest absolute Gasteiger partial charge is 0.355 e. The molecule has 2 unspecified atom stereocenters. The molecule has 4 heteroatoms. The normalized spacial score (nSPS) is 27.3. The molecule has 1 aromatic rings. The van der Waals surface area contributed by atoms with Gasteiger partial charge in [0.2, 0.25) is 5.91 Å². The average Bonchev–Trinajstić information content (AvgIpc) is 2.65. The van der Waals surface area contributed by atoms with Crippen LogP contribution >= 0.6 is 11.8 Å². The molecule has 1 aromatic carbocycles. The van der Waals surface area contributed by atoms with E-state index in [1.165, 1.54) is 10.5 Å². The minimum Gasteiger partial charge on any atom is -0.355 e. The van der Waals surface area contributed by atoms with E-state index in [4.69, 9.17) is 0 Å². The Labute approximate surface area is 118 Å². The van der Waals surface area contributed by atoms with Gasteiger partial charge in [-0.05, 0) is 43.1 Å². The van der Waals surface area contributed by atoms with Gasteiger partial charge in [-0.15, -0.1) is 11.8 Å². The third-order valence-corrected chi connectivity index (χ3v) is 5.02. The molecule has 0 saturated carbocycles. The smallest absolute Gasteiger partial charge is 0.237 e. The second kappa shape index (κ2) is 5.97. The van der Waals surface area contributed by atoms with E-state index in [9.17, 15) is 4.79 Å². The monoisotopic (exact) mass is 276 g/mol. The van der Waals surface area contributed by atoms with E-state index in [0.717, 1.165) is 38.0 Å². The SMILES string of the molecule is O=C1NCCCCC1NC1CCSc2ccccc21. The molecule has 1 saturated heterocycles. The number of fused-ring (bicyclic) bond motifs is 1. The van der Waals surface area contributed by atoms with Crippen molar-refractivity contribution in [3.05, 3.63) is 29.8 Å². The number of thioether (sulfide) groups is 1. The predicted molar refractivity (Wildman–Crippen MR) is 78.3 cm³/mol. The van der Waals surface area contributed by atoms with Crippen LogP contribution in [0.15, 0.2) is 29.2 Å². The van der Waals surface area contributed by atoms with Crippen molar-refractivity contribution in [3.8, 4) is 0 Å². The van der Waals surface area contributed by atoms with Gasteiger partial charge >= 0.3 is 0 Å².